The Hall–Kier alpha value is -1.42. The molecule has 0 heterocycles. The van der Waals surface area contributed by atoms with Gasteiger partial charge in [0, 0.05) is 0 Å². The molecule has 0 aliphatic carbocycles. The number of ether oxygens (including phenoxy) is 1. The molecule has 0 N–H and O–H groups in total. The van der Waals surface area contributed by atoms with Crippen molar-refractivity contribution in [1.29, 1.82) is 5.26 Å². The summed E-state index contributed by atoms with van der Waals surface area (Å²) in [6, 6.07) is 1.46. The molecule has 0 aromatic rings. The Kier molecular flexibility index (Phi) is 7.96. The summed E-state index contributed by atoms with van der Waals surface area (Å²) in [5.41, 5.74) is -0.670. The summed E-state index contributed by atoms with van der Waals surface area (Å²) < 4.78 is 30.3. The van der Waals surface area contributed by atoms with Gasteiger partial charge in [-0.25, -0.2) is 9.36 Å². The molecular weight excluding hydrogens is 263 g/mol. The van der Waals surface area contributed by atoms with E-state index >= 15 is 0 Å². The van der Waals surface area contributed by atoms with Gasteiger partial charge in [0.1, 0.15) is 6.07 Å². The van der Waals surface area contributed by atoms with Gasteiger partial charge in [-0.3, -0.25) is 13.7 Å². The van der Waals surface area contributed by atoms with E-state index in [1.54, 1.807) is 20.8 Å². The van der Waals surface area contributed by atoms with Crippen molar-refractivity contribution in [3.63, 3.8) is 0 Å². The first-order valence-electron chi connectivity index (χ1n) is 5.26. The molecule has 0 aliphatic heterocycles. The fourth-order valence-corrected chi connectivity index (χ4v) is 1.78. The fraction of sp³-hybridized carbons (Fsp3) is 0.667. The molecule has 0 aromatic carbocycles. The Labute approximate surface area is 105 Å². The number of hydrogen-bond acceptors (Lipinski definition) is 8. The van der Waals surface area contributed by atoms with Crippen molar-refractivity contribution in [3.05, 3.63) is 0 Å². The fourth-order valence-electron chi connectivity index (χ4n) is 0.794. The van der Waals surface area contributed by atoms with E-state index in [4.69, 9.17) is 14.3 Å². The first-order chi connectivity index (χ1) is 8.52. The van der Waals surface area contributed by atoms with E-state index in [0.29, 0.717) is 0 Å². The van der Waals surface area contributed by atoms with Gasteiger partial charge >= 0.3 is 13.8 Å². The maximum Gasteiger partial charge on any atom is 0.550 e. The zero-order chi connectivity index (χ0) is 14.0. The average Bonchev–Trinajstić information content (AvgIpc) is 2.30. The van der Waals surface area contributed by atoms with Gasteiger partial charge in [0.2, 0.25) is 0 Å². The number of hydrogen-bond donors (Lipinski definition) is 0. The van der Waals surface area contributed by atoms with E-state index in [-0.39, 0.29) is 19.8 Å². The number of oxime groups is 1. The van der Waals surface area contributed by atoms with Crippen LogP contribution in [0.3, 0.4) is 0 Å². The van der Waals surface area contributed by atoms with Crippen molar-refractivity contribution in [1.82, 2.24) is 0 Å². The van der Waals surface area contributed by atoms with Crippen molar-refractivity contribution in [2.24, 2.45) is 5.16 Å². The third-order valence-corrected chi connectivity index (χ3v) is 2.81. The maximum absolute atomic E-state index is 11.8. The second-order valence-electron chi connectivity index (χ2n) is 2.64. The molecule has 18 heavy (non-hydrogen) atoms. The van der Waals surface area contributed by atoms with Crippen LogP contribution in [0.2, 0.25) is 0 Å². The summed E-state index contributed by atoms with van der Waals surface area (Å²) in [5, 5.41) is 11.8. The molecule has 0 atom stereocenters. The Morgan fingerprint density at radius 1 is 1.22 bits per heavy atom. The predicted molar refractivity (Wildman–Crippen MR) is 61.6 cm³/mol. The standard InChI is InChI=1S/C9H15N2O6P/c1-4-14-9(12)8(7-10)11-17-18(13,15-5-2)16-6-3/h4-6H2,1-3H3/b11-8+. The van der Waals surface area contributed by atoms with Gasteiger partial charge in [-0.15, -0.1) is 0 Å². The van der Waals surface area contributed by atoms with Crippen molar-refractivity contribution >= 4 is 19.5 Å². The van der Waals surface area contributed by atoms with Crippen LogP contribution in [0.25, 0.3) is 0 Å². The number of esters is 1. The molecule has 0 bridgehead atoms. The van der Waals surface area contributed by atoms with E-state index in [2.05, 4.69) is 14.5 Å². The smallest absolute Gasteiger partial charge is 0.461 e. The lowest BCUT2D eigenvalue weighted by Gasteiger charge is -2.12. The van der Waals surface area contributed by atoms with Crippen LogP contribution in [0.1, 0.15) is 20.8 Å². The lowest BCUT2D eigenvalue weighted by molar-refractivity contribution is -0.135. The first kappa shape index (κ1) is 16.6. The van der Waals surface area contributed by atoms with Gasteiger partial charge in [-0.2, -0.15) is 5.26 Å². The van der Waals surface area contributed by atoms with Crippen molar-refractivity contribution in [3.8, 4) is 6.07 Å². The van der Waals surface area contributed by atoms with Gasteiger partial charge in [-0.05, 0) is 20.8 Å². The Morgan fingerprint density at radius 3 is 2.17 bits per heavy atom. The van der Waals surface area contributed by atoms with Gasteiger partial charge in [0.05, 0.1) is 19.8 Å². The third kappa shape index (κ3) is 5.77. The summed E-state index contributed by atoms with van der Waals surface area (Å²) >= 11 is 0. The van der Waals surface area contributed by atoms with Gasteiger partial charge in [0.25, 0.3) is 5.71 Å². The molecule has 9 heteroatoms. The van der Waals surface area contributed by atoms with Crippen LogP contribution in [-0.4, -0.2) is 31.5 Å². The Bertz CT molecular complexity index is 379. The molecule has 0 unspecified atom stereocenters. The first-order valence-corrected chi connectivity index (χ1v) is 6.72. The minimum absolute atomic E-state index is 0.0636. The van der Waals surface area contributed by atoms with Crippen molar-refractivity contribution in [2.75, 3.05) is 19.8 Å². The van der Waals surface area contributed by atoms with Crippen LogP contribution in [0.4, 0.5) is 0 Å². The molecule has 102 valence electrons. The quantitative estimate of drug-likeness (QED) is 0.287. The molecule has 8 nitrogen and oxygen atoms in total. The van der Waals surface area contributed by atoms with E-state index in [0.717, 1.165) is 0 Å². The highest BCUT2D eigenvalue weighted by Gasteiger charge is 2.28. The number of nitrogens with zero attached hydrogens (tertiary/aromatic N) is 2. The number of carbonyl (C=O) groups excluding carboxylic acids is 1. The van der Waals surface area contributed by atoms with E-state index in [9.17, 15) is 9.36 Å². The zero-order valence-electron chi connectivity index (χ0n) is 10.4. The van der Waals surface area contributed by atoms with E-state index in [1.807, 2.05) is 0 Å². The van der Waals surface area contributed by atoms with Crippen LogP contribution in [0.15, 0.2) is 5.16 Å². The summed E-state index contributed by atoms with van der Waals surface area (Å²) in [6.07, 6.45) is 0. The van der Waals surface area contributed by atoms with Crippen molar-refractivity contribution < 1.29 is 27.8 Å². The summed E-state index contributed by atoms with van der Waals surface area (Å²) in [5.74, 6) is -0.973. The topological polar surface area (TPSA) is 107 Å². The minimum Gasteiger partial charge on any atom is -0.461 e. The molecule has 0 amide bonds. The molecular formula is C9H15N2O6P. The average molecular weight is 278 g/mol. The zero-order valence-corrected chi connectivity index (χ0v) is 11.3. The molecule has 0 aliphatic rings. The van der Waals surface area contributed by atoms with Crippen LogP contribution in [0, 0.1) is 11.3 Å². The van der Waals surface area contributed by atoms with Crippen LogP contribution in [0.5, 0.6) is 0 Å². The summed E-state index contributed by atoms with van der Waals surface area (Å²) in [6.45, 7) is 4.93. The number of rotatable bonds is 8. The highest BCUT2D eigenvalue weighted by Crippen LogP contribution is 2.49. The lowest BCUT2D eigenvalue weighted by atomic mass is 10.4. The molecule has 0 fully saturated rings. The SMILES string of the molecule is CCOC(=O)/C(C#N)=N/OP(=O)(OCC)OCC. The highest BCUT2D eigenvalue weighted by atomic mass is 31.2. The number of phosphoric ester groups is 1. The van der Waals surface area contributed by atoms with Gasteiger partial charge in [-0.1, -0.05) is 5.16 Å². The molecule has 0 spiro atoms. The molecule has 0 aromatic heterocycles. The van der Waals surface area contributed by atoms with Crippen molar-refractivity contribution in [2.45, 2.75) is 20.8 Å². The largest absolute Gasteiger partial charge is 0.550 e. The molecule has 0 radical (unpaired) electrons. The Balaban J connectivity index is 4.78. The van der Waals surface area contributed by atoms with Crippen LogP contribution < -0.4 is 0 Å². The summed E-state index contributed by atoms with van der Waals surface area (Å²) in [7, 11) is -3.89. The minimum atomic E-state index is -3.89. The lowest BCUT2D eigenvalue weighted by Crippen LogP contribution is -2.16. The van der Waals surface area contributed by atoms with Gasteiger partial charge < -0.3 is 4.74 Å². The van der Waals surface area contributed by atoms with E-state index < -0.39 is 19.5 Å². The molecule has 0 rings (SSSR count). The second kappa shape index (κ2) is 8.64. The monoisotopic (exact) mass is 278 g/mol. The number of carbonyl (C=O) groups is 1. The summed E-state index contributed by atoms with van der Waals surface area (Å²) in [4.78, 5) is 11.2. The molecule has 0 saturated carbocycles. The normalized spacial score (nSPS) is 11.8. The van der Waals surface area contributed by atoms with Crippen LogP contribution in [-0.2, 0) is 27.8 Å². The number of phosphoric acid groups is 1. The van der Waals surface area contributed by atoms with Crippen LogP contribution >= 0.6 is 7.82 Å². The predicted octanol–water partition coefficient (Wildman–Crippen LogP) is 1.63. The highest BCUT2D eigenvalue weighted by molar-refractivity contribution is 7.48. The Morgan fingerprint density at radius 2 is 1.78 bits per heavy atom. The number of nitriles is 1. The van der Waals surface area contributed by atoms with Gasteiger partial charge in [0.15, 0.2) is 0 Å². The second-order valence-corrected chi connectivity index (χ2v) is 4.21. The third-order valence-electron chi connectivity index (χ3n) is 1.38. The maximum atomic E-state index is 11.8. The van der Waals surface area contributed by atoms with E-state index in [1.165, 1.54) is 6.07 Å². The molecule has 0 saturated heterocycles.